The van der Waals surface area contributed by atoms with Crippen LogP contribution in [0.3, 0.4) is 0 Å². The van der Waals surface area contributed by atoms with Crippen molar-refractivity contribution in [2.75, 3.05) is 19.0 Å². The third-order valence-corrected chi connectivity index (χ3v) is 2.87. The summed E-state index contributed by atoms with van der Waals surface area (Å²) in [5, 5.41) is 7.06. The van der Waals surface area contributed by atoms with Crippen LogP contribution < -0.4 is 9.77 Å². The Morgan fingerprint density at radius 1 is 1.27 bits per heavy atom. The molecule has 4 nitrogen and oxygen atoms in total. The molecule has 2 aromatic rings. The van der Waals surface area contributed by atoms with Gasteiger partial charge < -0.3 is 4.90 Å². The fourth-order valence-electron chi connectivity index (χ4n) is 1.26. The number of benzene rings is 1. The number of nitrogens with one attached hydrogen (secondary N) is 1. The Morgan fingerprint density at radius 3 is 2.40 bits per heavy atom. The molecule has 0 saturated carbocycles. The number of rotatable bonds is 2. The molecule has 1 N–H and O–H groups in total. The van der Waals surface area contributed by atoms with Crippen LogP contribution in [0.1, 0.15) is 0 Å². The molecule has 0 bridgehead atoms. The number of nitrogens with zero attached hydrogens (tertiary/aromatic N) is 2. The summed E-state index contributed by atoms with van der Waals surface area (Å²) in [7, 11) is 3.98. The minimum atomic E-state index is -0.123. The first kappa shape index (κ1) is 9.92. The molecule has 0 saturated heterocycles. The van der Waals surface area contributed by atoms with E-state index in [-0.39, 0.29) is 4.87 Å². The fourth-order valence-corrected chi connectivity index (χ4v) is 1.87. The lowest BCUT2D eigenvalue weighted by atomic mass is 10.2. The van der Waals surface area contributed by atoms with Crippen molar-refractivity contribution in [1.29, 1.82) is 0 Å². The summed E-state index contributed by atoms with van der Waals surface area (Å²) >= 11 is 1.12. The summed E-state index contributed by atoms with van der Waals surface area (Å²) in [5.74, 6) is 0. The standard InChI is InChI=1S/C10H11N3OS/c1-13(2)8-5-3-7(4-6-8)9-11-12-10(14)15-9/h3-6H,1-2H3,(H,12,14). The van der Waals surface area contributed by atoms with Gasteiger partial charge in [-0.1, -0.05) is 11.3 Å². The van der Waals surface area contributed by atoms with Crippen molar-refractivity contribution in [2.24, 2.45) is 0 Å². The third-order valence-electron chi connectivity index (χ3n) is 2.07. The van der Waals surface area contributed by atoms with E-state index in [0.717, 1.165) is 27.6 Å². The quantitative estimate of drug-likeness (QED) is 0.837. The molecule has 1 heterocycles. The number of aromatic amines is 1. The maximum atomic E-state index is 10.9. The van der Waals surface area contributed by atoms with Crippen LogP contribution in [-0.4, -0.2) is 24.3 Å². The van der Waals surface area contributed by atoms with Gasteiger partial charge in [0.1, 0.15) is 5.01 Å². The highest BCUT2D eigenvalue weighted by atomic mass is 32.1. The Labute approximate surface area is 91.2 Å². The number of hydrogen-bond donors (Lipinski definition) is 1. The van der Waals surface area contributed by atoms with E-state index in [1.165, 1.54) is 0 Å². The smallest absolute Gasteiger partial charge is 0.322 e. The van der Waals surface area contributed by atoms with Gasteiger partial charge in [-0.3, -0.25) is 4.79 Å². The molecule has 5 heteroatoms. The number of H-pyrrole nitrogens is 1. The van der Waals surface area contributed by atoms with Crippen molar-refractivity contribution in [3.63, 3.8) is 0 Å². The lowest BCUT2D eigenvalue weighted by molar-refractivity contribution is 1.06. The van der Waals surface area contributed by atoms with Crippen LogP contribution in [-0.2, 0) is 0 Å². The van der Waals surface area contributed by atoms with Crippen molar-refractivity contribution >= 4 is 17.0 Å². The van der Waals surface area contributed by atoms with Crippen LogP contribution in [0, 0.1) is 0 Å². The van der Waals surface area contributed by atoms with Gasteiger partial charge in [-0.05, 0) is 24.3 Å². The zero-order valence-electron chi connectivity index (χ0n) is 8.52. The molecule has 0 atom stereocenters. The van der Waals surface area contributed by atoms with E-state index in [9.17, 15) is 4.79 Å². The Hall–Kier alpha value is -1.62. The fraction of sp³-hybridized carbons (Fsp3) is 0.200. The van der Waals surface area contributed by atoms with Gasteiger partial charge in [0.2, 0.25) is 0 Å². The van der Waals surface area contributed by atoms with E-state index in [0.29, 0.717) is 0 Å². The Bertz CT molecular complexity index is 498. The second-order valence-corrected chi connectivity index (χ2v) is 4.32. The van der Waals surface area contributed by atoms with Crippen molar-refractivity contribution < 1.29 is 0 Å². The topological polar surface area (TPSA) is 49.0 Å². The van der Waals surface area contributed by atoms with Gasteiger partial charge in [0, 0.05) is 25.3 Å². The highest BCUT2D eigenvalue weighted by Gasteiger charge is 2.03. The van der Waals surface area contributed by atoms with Gasteiger partial charge in [-0.25, -0.2) is 5.10 Å². The largest absolute Gasteiger partial charge is 0.378 e. The average molecular weight is 221 g/mol. The Kier molecular flexibility index (Phi) is 2.55. The zero-order valence-corrected chi connectivity index (χ0v) is 9.34. The molecule has 15 heavy (non-hydrogen) atoms. The van der Waals surface area contributed by atoms with Crippen LogP contribution >= 0.6 is 11.3 Å². The minimum absolute atomic E-state index is 0.123. The van der Waals surface area contributed by atoms with Crippen LogP contribution in [0.2, 0.25) is 0 Å². The molecule has 78 valence electrons. The number of aromatic nitrogens is 2. The van der Waals surface area contributed by atoms with E-state index in [1.54, 1.807) is 0 Å². The molecule has 0 amide bonds. The highest BCUT2D eigenvalue weighted by Crippen LogP contribution is 2.21. The molecule has 0 aliphatic rings. The monoisotopic (exact) mass is 221 g/mol. The summed E-state index contributed by atoms with van der Waals surface area (Å²) in [6.45, 7) is 0. The molecule has 0 radical (unpaired) electrons. The minimum Gasteiger partial charge on any atom is -0.378 e. The van der Waals surface area contributed by atoms with Crippen molar-refractivity contribution in [3.05, 3.63) is 33.9 Å². The van der Waals surface area contributed by atoms with E-state index < -0.39 is 0 Å². The summed E-state index contributed by atoms with van der Waals surface area (Å²) in [6, 6.07) is 7.92. The van der Waals surface area contributed by atoms with Crippen molar-refractivity contribution in [1.82, 2.24) is 10.2 Å². The first-order valence-electron chi connectivity index (χ1n) is 4.50. The lowest BCUT2D eigenvalue weighted by Crippen LogP contribution is -2.07. The lowest BCUT2D eigenvalue weighted by Gasteiger charge is -2.11. The van der Waals surface area contributed by atoms with Crippen LogP contribution in [0.4, 0.5) is 5.69 Å². The predicted molar refractivity (Wildman–Crippen MR) is 62.5 cm³/mol. The molecular formula is C10H11N3OS. The first-order chi connectivity index (χ1) is 7.16. The predicted octanol–water partition coefficient (Wildman–Crippen LogP) is 1.56. The molecule has 0 spiro atoms. The average Bonchev–Trinajstić information content (AvgIpc) is 2.65. The zero-order chi connectivity index (χ0) is 10.8. The second-order valence-electron chi connectivity index (χ2n) is 3.36. The van der Waals surface area contributed by atoms with Crippen LogP contribution in [0.5, 0.6) is 0 Å². The maximum absolute atomic E-state index is 10.9. The van der Waals surface area contributed by atoms with Crippen LogP contribution in [0.25, 0.3) is 10.6 Å². The third kappa shape index (κ3) is 2.07. The molecule has 0 unspecified atom stereocenters. The molecule has 0 aliphatic heterocycles. The first-order valence-corrected chi connectivity index (χ1v) is 5.32. The molecule has 2 rings (SSSR count). The van der Waals surface area contributed by atoms with E-state index in [2.05, 4.69) is 10.2 Å². The Morgan fingerprint density at radius 2 is 1.93 bits per heavy atom. The van der Waals surface area contributed by atoms with E-state index >= 15 is 0 Å². The van der Waals surface area contributed by atoms with Gasteiger partial charge >= 0.3 is 4.87 Å². The van der Waals surface area contributed by atoms with E-state index in [4.69, 9.17) is 0 Å². The Balaban J connectivity index is 2.35. The number of hydrogen-bond acceptors (Lipinski definition) is 4. The van der Waals surface area contributed by atoms with Gasteiger partial charge in [0.05, 0.1) is 0 Å². The maximum Gasteiger partial charge on any atom is 0.322 e. The molecule has 1 aromatic heterocycles. The summed E-state index contributed by atoms with van der Waals surface area (Å²) in [4.78, 5) is 12.8. The SMILES string of the molecule is CN(C)c1ccc(-c2n[nH]c(=O)s2)cc1. The van der Waals surface area contributed by atoms with Gasteiger partial charge in [0.25, 0.3) is 0 Å². The van der Waals surface area contributed by atoms with Crippen molar-refractivity contribution in [3.8, 4) is 10.6 Å². The molecular weight excluding hydrogens is 210 g/mol. The highest BCUT2D eigenvalue weighted by molar-refractivity contribution is 7.12. The molecule has 1 aromatic carbocycles. The summed E-state index contributed by atoms with van der Waals surface area (Å²) in [5.41, 5.74) is 2.09. The van der Waals surface area contributed by atoms with Gasteiger partial charge in [-0.15, -0.1) is 0 Å². The molecule has 0 aliphatic carbocycles. The normalized spacial score (nSPS) is 10.3. The van der Waals surface area contributed by atoms with E-state index in [1.807, 2.05) is 43.3 Å². The number of anilines is 1. The van der Waals surface area contributed by atoms with Crippen LogP contribution in [0.15, 0.2) is 29.1 Å². The summed E-state index contributed by atoms with van der Waals surface area (Å²) in [6.07, 6.45) is 0. The van der Waals surface area contributed by atoms with Crippen molar-refractivity contribution in [2.45, 2.75) is 0 Å². The summed E-state index contributed by atoms with van der Waals surface area (Å²) < 4.78 is 0. The second kappa shape index (κ2) is 3.86. The van der Waals surface area contributed by atoms with Gasteiger partial charge in [0.15, 0.2) is 0 Å². The molecule has 0 fully saturated rings. The van der Waals surface area contributed by atoms with Gasteiger partial charge in [-0.2, -0.15) is 5.10 Å².